The zero-order valence-electron chi connectivity index (χ0n) is 5.15. The first-order valence-electron chi connectivity index (χ1n) is 3.15. The van der Waals surface area contributed by atoms with Crippen LogP contribution in [0, 0.1) is 5.92 Å². The highest BCUT2D eigenvalue weighted by atomic mass is 127. The summed E-state index contributed by atoms with van der Waals surface area (Å²) < 4.78 is 0.911. The van der Waals surface area contributed by atoms with E-state index in [1.165, 1.54) is 19.5 Å². The molecule has 1 rings (SSSR count). The van der Waals surface area contributed by atoms with Gasteiger partial charge in [-0.1, -0.05) is 29.5 Å². The van der Waals surface area contributed by atoms with Crippen LogP contribution in [0.15, 0.2) is 0 Å². The van der Waals surface area contributed by atoms with Gasteiger partial charge in [-0.05, 0) is 25.4 Å². The summed E-state index contributed by atoms with van der Waals surface area (Å²) in [5, 5.41) is 3.36. The lowest BCUT2D eigenvalue weighted by atomic mass is 10.0. The Bertz CT molecular complexity index is 64.9. The predicted molar refractivity (Wildman–Crippen MR) is 44.5 cm³/mol. The first kappa shape index (κ1) is 6.81. The lowest BCUT2D eigenvalue weighted by Crippen LogP contribution is -2.35. The van der Waals surface area contributed by atoms with Crippen LogP contribution in [0.4, 0.5) is 0 Å². The number of piperidine rings is 1. The van der Waals surface area contributed by atoms with Gasteiger partial charge in [0.2, 0.25) is 0 Å². The Morgan fingerprint density at radius 1 is 1.62 bits per heavy atom. The van der Waals surface area contributed by atoms with Crippen LogP contribution < -0.4 is 5.32 Å². The molecule has 1 heterocycles. The van der Waals surface area contributed by atoms with Crippen LogP contribution in [0.25, 0.3) is 0 Å². The molecule has 1 aliphatic heterocycles. The standard InChI is InChI=1S/C6H12IN/c1-5-4-8-3-2-6(5)7/h5-6,8H,2-4H2,1H3/t5-,6?/m0/s1. The second kappa shape index (κ2) is 3.01. The molecule has 0 aromatic rings. The second-order valence-corrected chi connectivity index (χ2v) is 4.09. The Morgan fingerprint density at radius 3 is 2.75 bits per heavy atom. The maximum atomic E-state index is 3.36. The molecule has 0 spiro atoms. The van der Waals surface area contributed by atoms with Gasteiger partial charge in [0, 0.05) is 3.92 Å². The van der Waals surface area contributed by atoms with Crippen LogP contribution in [0.2, 0.25) is 0 Å². The van der Waals surface area contributed by atoms with E-state index >= 15 is 0 Å². The fourth-order valence-corrected chi connectivity index (χ4v) is 1.55. The van der Waals surface area contributed by atoms with E-state index in [-0.39, 0.29) is 0 Å². The zero-order chi connectivity index (χ0) is 5.98. The van der Waals surface area contributed by atoms with Crippen molar-refractivity contribution in [2.45, 2.75) is 17.3 Å². The van der Waals surface area contributed by atoms with E-state index in [9.17, 15) is 0 Å². The molecule has 0 bridgehead atoms. The van der Waals surface area contributed by atoms with Gasteiger partial charge in [-0.15, -0.1) is 0 Å². The van der Waals surface area contributed by atoms with Crippen molar-refractivity contribution in [1.82, 2.24) is 5.32 Å². The zero-order valence-corrected chi connectivity index (χ0v) is 7.31. The quantitative estimate of drug-likeness (QED) is 0.485. The summed E-state index contributed by atoms with van der Waals surface area (Å²) in [5.74, 6) is 0.879. The van der Waals surface area contributed by atoms with Gasteiger partial charge in [-0.3, -0.25) is 0 Å². The Labute approximate surface area is 64.4 Å². The average Bonchev–Trinajstić information content (AvgIpc) is 1.77. The van der Waals surface area contributed by atoms with Crippen molar-refractivity contribution in [3.05, 3.63) is 0 Å². The highest BCUT2D eigenvalue weighted by molar-refractivity contribution is 14.1. The molecule has 8 heavy (non-hydrogen) atoms. The molecule has 48 valence electrons. The predicted octanol–water partition coefficient (Wildman–Crippen LogP) is 1.42. The lowest BCUT2D eigenvalue weighted by Gasteiger charge is -2.24. The third kappa shape index (κ3) is 1.58. The largest absolute Gasteiger partial charge is 0.316 e. The van der Waals surface area contributed by atoms with Gasteiger partial charge in [0.15, 0.2) is 0 Å². The number of nitrogens with one attached hydrogen (secondary N) is 1. The van der Waals surface area contributed by atoms with Gasteiger partial charge in [0.05, 0.1) is 0 Å². The SMILES string of the molecule is C[C@H]1CNCCC1I. The van der Waals surface area contributed by atoms with Crippen LogP contribution in [-0.2, 0) is 0 Å². The smallest absolute Gasteiger partial charge is 0.0159 e. The minimum atomic E-state index is 0.879. The summed E-state index contributed by atoms with van der Waals surface area (Å²) in [4.78, 5) is 0. The molecule has 2 atom stereocenters. The van der Waals surface area contributed by atoms with Crippen LogP contribution in [0.5, 0.6) is 0 Å². The summed E-state index contributed by atoms with van der Waals surface area (Å²) in [5.41, 5.74) is 0. The van der Waals surface area contributed by atoms with Gasteiger partial charge < -0.3 is 5.32 Å². The van der Waals surface area contributed by atoms with E-state index in [0.717, 1.165) is 9.84 Å². The average molecular weight is 225 g/mol. The second-order valence-electron chi connectivity index (χ2n) is 2.49. The normalized spacial score (nSPS) is 39.8. The molecule has 1 nitrogen and oxygen atoms in total. The van der Waals surface area contributed by atoms with Gasteiger partial charge >= 0.3 is 0 Å². The first-order chi connectivity index (χ1) is 3.80. The summed E-state index contributed by atoms with van der Waals surface area (Å²) in [6.45, 7) is 4.74. The van der Waals surface area contributed by atoms with E-state index in [1.807, 2.05) is 0 Å². The molecular formula is C6H12IN. The van der Waals surface area contributed by atoms with Gasteiger partial charge in [-0.2, -0.15) is 0 Å². The maximum Gasteiger partial charge on any atom is 0.0159 e. The third-order valence-electron chi connectivity index (χ3n) is 1.68. The van der Waals surface area contributed by atoms with Crippen LogP contribution >= 0.6 is 22.6 Å². The molecule has 0 aromatic carbocycles. The number of alkyl halides is 1. The van der Waals surface area contributed by atoms with E-state index in [1.54, 1.807) is 0 Å². The van der Waals surface area contributed by atoms with E-state index in [4.69, 9.17) is 0 Å². The highest BCUT2D eigenvalue weighted by Gasteiger charge is 2.16. The minimum absolute atomic E-state index is 0.879. The topological polar surface area (TPSA) is 12.0 Å². The Hall–Kier alpha value is 0.690. The van der Waals surface area contributed by atoms with Crippen LogP contribution in [0.3, 0.4) is 0 Å². The van der Waals surface area contributed by atoms with Gasteiger partial charge in [-0.25, -0.2) is 0 Å². The van der Waals surface area contributed by atoms with Crippen molar-refractivity contribution in [2.75, 3.05) is 13.1 Å². The molecule has 1 saturated heterocycles. The third-order valence-corrected chi connectivity index (χ3v) is 3.53. The fraction of sp³-hybridized carbons (Fsp3) is 1.00. The van der Waals surface area contributed by atoms with Crippen molar-refractivity contribution in [3.8, 4) is 0 Å². The summed E-state index contributed by atoms with van der Waals surface area (Å²) in [6, 6.07) is 0. The first-order valence-corrected chi connectivity index (χ1v) is 4.40. The summed E-state index contributed by atoms with van der Waals surface area (Å²) >= 11 is 2.54. The van der Waals surface area contributed by atoms with Gasteiger partial charge in [0.1, 0.15) is 0 Å². The molecule has 1 unspecified atom stereocenters. The molecule has 0 saturated carbocycles. The molecule has 0 amide bonds. The van der Waals surface area contributed by atoms with Crippen molar-refractivity contribution >= 4 is 22.6 Å². The monoisotopic (exact) mass is 225 g/mol. The molecule has 1 fully saturated rings. The Balaban J connectivity index is 2.28. The van der Waals surface area contributed by atoms with E-state index in [0.29, 0.717) is 0 Å². The maximum absolute atomic E-state index is 3.36. The molecule has 0 aliphatic carbocycles. The van der Waals surface area contributed by atoms with Crippen LogP contribution in [-0.4, -0.2) is 17.0 Å². The number of hydrogen-bond donors (Lipinski definition) is 1. The van der Waals surface area contributed by atoms with Crippen molar-refractivity contribution in [2.24, 2.45) is 5.92 Å². The van der Waals surface area contributed by atoms with E-state index < -0.39 is 0 Å². The van der Waals surface area contributed by atoms with Crippen molar-refractivity contribution in [3.63, 3.8) is 0 Å². The van der Waals surface area contributed by atoms with Crippen molar-refractivity contribution < 1.29 is 0 Å². The van der Waals surface area contributed by atoms with Crippen LogP contribution in [0.1, 0.15) is 13.3 Å². The lowest BCUT2D eigenvalue weighted by molar-refractivity contribution is 0.428. The molecule has 0 aromatic heterocycles. The molecule has 1 N–H and O–H groups in total. The van der Waals surface area contributed by atoms with Crippen molar-refractivity contribution in [1.29, 1.82) is 0 Å². The minimum Gasteiger partial charge on any atom is -0.316 e. The summed E-state index contributed by atoms with van der Waals surface area (Å²) in [6.07, 6.45) is 1.35. The molecule has 1 aliphatic rings. The van der Waals surface area contributed by atoms with Gasteiger partial charge in [0.25, 0.3) is 0 Å². The Morgan fingerprint density at radius 2 is 2.38 bits per heavy atom. The molecule has 0 radical (unpaired) electrons. The summed E-state index contributed by atoms with van der Waals surface area (Å²) in [7, 11) is 0. The Kier molecular flexibility index (Phi) is 2.56. The highest BCUT2D eigenvalue weighted by Crippen LogP contribution is 2.18. The molecule has 2 heteroatoms. The number of halogens is 1. The fourth-order valence-electron chi connectivity index (χ4n) is 0.982. The number of hydrogen-bond acceptors (Lipinski definition) is 1. The number of rotatable bonds is 0. The molecular weight excluding hydrogens is 213 g/mol. The van der Waals surface area contributed by atoms with E-state index in [2.05, 4.69) is 34.8 Å².